The van der Waals surface area contributed by atoms with Crippen LogP contribution in [0.5, 0.6) is 0 Å². The zero-order chi connectivity index (χ0) is 15.4. The van der Waals surface area contributed by atoms with E-state index < -0.39 is 0 Å². The maximum atomic E-state index is 12.1. The third kappa shape index (κ3) is 3.28. The Morgan fingerprint density at radius 2 is 2.09 bits per heavy atom. The highest BCUT2D eigenvalue weighted by Crippen LogP contribution is 2.21. The lowest BCUT2D eigenvalue weighted by Crippen LogP contribution is -2.37. The van der Waals surface area contributed by atoms with Gasteiger partial charge in [-0.15, -0.1) is 0 Å². The molecule has 0 radical (unpaired) electrons. The summed E-state index contributed by atoms with van der Waals surface area (Å²) in [4.78, 5) is 14.3. The summed E-state index contributed by atoms with van der Waals surface area (Å²) in [6.07, 6.45) is 0. The molecule has 2 aromatic rings. The highest BCUT2D eigenvalue weighted by atomic mass is 16.5. The van der Waals surface area contributed by atoms with Crippen molar-refractivity contribution in [2.45, 2.75) is 13.5 Å². The quantitative estimate of drug-likeness (QED) is 0.932. The second-order valence-electron chi connectivity index (χ2n) is 5.23. The van der Waals surface area contributed by atoms with Crippen LogP contribution in [0, 0.1) is 6.92 Å². The first-order valence-corrected chi connectivity index (χ1v) is 7.36. The van der Waals surface area contributed by atoms with Crippen LogP contribution >= 0.6 is 0 Å². The highest BCUT2D eigenvalue weighted by Gasteiger charge is 2.16. The van der Waals surface area contributed by atoms with E-state index in [1.807, 2.05) is 18.2 Å². The van der Waals surface area contributed by atoms with Gasteiger partial charge in [-0.25, -0.2) is 0 Å². The lowest BCUT2D eigenvalue weighted by molar-refractivity contribution is 0.0941. The lowest BCUT2D eigenvalue weighted by Gasteiger charge is -2.30. The molecule has 6 nitrogen and oxygen atoms in total. The van der Waals surface area contributed by atoms with Gasteiger partial charge in [0.2, 0.25) is 0 Å². The van der Waals surface area contributed by atoms with E-state index in [4.69, 9.17) is 9.26 Å². The molecule has 1 N–H and O–H groups in total. The number of anilines is 1. The van der Waals surface area contributed by atoms with Crippen LogP contribution in [-0.2, 0) is 11.3 Å². The Morgan fingerprint density at radius 1 is 1.32 bits per heavy atom. The molecule has 1 aromatic carbocycles. The smallest absolute Gasteiger partial charge is 0.273 e. The summed E-state index contributed by atoms with van der Waals surface area (Å²) in [7, 11) is 0. The number of amides is 1. The van der Waals surface area contributed by atoms with Crippen LogP contribution in [0.3, 0.4) is 0 Å². The molecule has 1 aliphatic rings. The number of hydrogen-bond acceptors (Lipinski definition) is 5. The fraction of sp³-hybridized carbons (Fsp3) is 0.375. The largest absolute Gasteiger partial charge is 0.378 e. The van der Waals surface area contributed by atoms with Gasteiger partial charge in [0.25, 0.3) is 5.91 Å². The van der Waals surface area contributed by atoms with Crippen molar-refractivity contribution in [1.29, 1.82) is 0 Å². The van der Waals surface area contributed by atoms with Crippen molar-refractivity contribution in [1.82, 2.24) is 10.5 Å². The number of aryl methyl sites for hydroxylation is 1. The Labute approximate surface area is 129 Å². The highest BCUT2D eigenvalue weighted by molar-refractivity contribution is 5.92. The van der Waals surface area contributed by atoms with Crippen molar-refractivity contribution in [2.75, 3.05) is 31.2 Å². The molecule has 0 unspecified atom stereocenters. The standard InChI is InChI=1S/C16H19N3O3/c1-12-10-14(18-22-12)16(20)17-11-13-4-2-3-5-15(13)19-6-8-21-9-7-19/h2-5,10H,6-9,11H2,1H3,(H,17,20). The fourth-order valence-corrected chi connectivity index (χ4v) is 2.51. The zero-order valence-corrected chi connectivity index (χ0v) is 12.5. The molecule has 6 heteroatoms. The van der Waals surface area contributed by atoms with E-state index in [1.165, 1.54) is 0 Å². The Morgan fingerprint density at radius 3 is 2.82 bits per heavy atom. The predicted octanol–water partition coefficient (Wildman–Crippen LogP) is 1.75. The number of ether oxygens (including phenoxy) is 1. The van der Waals surface area contributed by atoms with Crippen LogP contribution in [0.1, 0.15) is 21.8 Å². The van der Waals surface area contributed by atoms with Crippen molar-refractivity contribution in [3.05, 3.63) is 47.3 Å². The molecule has 1 aliphatic heterocycles. The van der Waals surface area contributed by atoms with Crippen molar-refractivity contribution in [3.8, 4) is 0 Å². The van der Waals surface area contributed by atoms with Gasteiger partial charge in [0, 0.05) is 31.4 Å². The van der Waals surface area contributed by atoms with Gasteiger partial charge in [-0.2, -0.15) is 0 Å². The monoisotopic (exact) mass is 301 g/mol. The van der Waals surface area contributed by atoms with E-state index in [-0.39, 0.29) is 5.91 Å². The number of carbonyl (C=O) groups is 1. The molecule has 0 bridgehead atoms. The number of hydrogen-bond donors (Lipinski definition) is 1. The van der Waals surface area contributed by atoms with Gasteiger partial charge < -0.3 is 19.5 Å². The van der Waals surface area contributed by atoms with Gasteiger partial charge in [-0.05, 0) is 18.6 Å². The van der Waals surface area contributed by atoms with Crippen molar-refractivity contribution < 1.29 is 14.1 Å². The topological polar surface area (TPSA) is 67.6 Å². The molecular formula is C16H19N3O3. The number of nitrogens with zero attached hydrogens (tertiary/aromatic N) is 2. The van der Waals surface area contributed by atoms with Crippen LogP contribution < -0.4 is 10.2 Å². The second kappa shape index (κ2) is 6.62. The number of morpholine rings is 1. The predicted molar refractivity (Wildman–Crippen MR) is 81.9 cm³/mol. The minimum Gasteiger partial charge on any atom is -0.378 e. The molecule has 1 fully saturated rings. The molecule has 0 aliphatic carbocycles. The van der Waals surface area contributed by atoms with Gasteiger partial charge >= 0.3 is 0 Å². The molecular weight excluding hydrogens is 282 g/mol. The summed E-state index contributed by atoms with van der Waals surface area (Å²) in [6.45, 7) is 5.43. The van der Waals surface area contributed by atoms with E-state index in [9.17, 15) is 4.79 Å². The van der Waals surface area contributed by atoms with Gasteiger partial charge in [-0.3, -0.25) is 4.79 Å². The van der Waals surface area contributed by atoms with E-state index >= 15 is 0 Å². The van der Waals surface area contributed by atoms with Crippen LogP contribution in [0.2, 0.25) is 0 Å². The van der Waals surface area contributed by atoms with E-state index in [0.29, 0.717) is 18.0 Å². The first-order valence-electron chi connectivity index (χ1n) is 7.36. The minimum atomic E-state index is -0.228. The second-order valence-corrected chi connectivity index (χ2v) is 5.23. The number of rotatable bonds is 4. The summed E-state index contributed by atoms with van der Waals surface area (Å²) < 4.78 is 10.3. The Bertz CT molecular complexity index is 648. The average Bonchev–Trinajstić information content (AvgIpc) is 3.00. The molecule has 2 heterocycles. The summed E-state index contributed by atoms with van der Waals surface area (Å²) in [6, 6.07) is 9.72. The molecule has 3 rings (SSSR count). The Balaban J connectivity index is 1.68. The van der Waals surface area contributed by atoms with Crippen LogP contribution in [-0.4, -0.2) is 37.4 Å². The van der Waals surface area contributed by atoms with Gasteiger partial charge in [0.1, 0.15) is 5.76 Å². The molecule has 22 heavy (non-hydrogen) atoms. The minimum absolute atomic E-state index is 0.228. The summed E-state index contributed by atoms with van der Waals surface area (Å²) in [5, 5.41) is 6.61. The summed E-state index contributed by atoms with van der Waals surface area (Å²) >= 11 is 0. The molecule has 0 saturated carbocycles. The maximum Gasteiger partial charge on any atom is 0.273 e. The first kappa shape index (κ1) is 14.6. The molecule has 1 amide bonds. The molecule has 1 aromatic heterocycles. The third-order valence-corrected chi connectivity index (χ3v) is 3.64. The van der Waals surface area contributed by atoms with E-state index in [2.05, 4.69) is 21.4 Å². The van der Waals surface area contributed by atoms with Crippen molar-refractivity contribution >= 4 is 11.6 Å². The third-order valence-electron chi connectivity index (χ3n) is 3.64. The average molecular weight is 301 g/mol. The van der Waals surface area contributed by atoms with E-state index in [1.54, 1.807) is 13.0 Å². The first-order chi connectivity index (χ1) is 10.7. The van der Waals surface area contributed by atoms with Crippen LogP contribution in [0.4, 0.5) is 5.69 Å². The molecule has 0 spiro atoms. The molecule has 0 atom stereocenters. The van der Waals surface area contributed by atoms with Gasteiger partial charge in [0.15, 0.2) is 5.69 Å². The maximum absolute atomic E-state index is 12.1. The lowest BCUT2D eigenvalue weighted by atomic mass is 10.1. The number of nitrogens with one attached hydrogen (secondary N) is 1. The molecule has 116 valence electrons. The normalized spacial score (nSPS) is 14.9. The van der Waals surface area contributed by atoms with Crippen LogP contribution in [0.25, 0.3) is 0 Å². The van der Waals surface area contributed by atoms with Crippen LogP contribution in [0.15, 0.2) is 34.9 Å². The number of para-hydroxylation sites is 1. The fourth-order valence-electron chi connectivity index (χ4n) is 2.51. The van der Waals surface area contributed by atoms with Gasteiger partial charge in [0.05, 0.1) is 13.2 Å². The zero-order valence-electron chi connectivity index (χ0n) is 12.5. The summed E-state index contributed by atoms with van der Waals surface area (Å²) in [5.74, 6) is 0.396. The van der Waals surface area contributed by atoms with E-state index in [0.717, 1.165) is 37.6 Å². The number of aromatic nitrogens is 1. The van der Waals surface area contributed by atoms with Crippen molar-refractivity contribution in [3.63, 3.8) is 0 Å². The number of benzene rings is 1. The SMILES string of the molecule is Cc1cc(C(=O)NCc2ccccc2N2CCOCC2)no1. The van der Waals surface area contributed by atoms with Crippen molar-refractivity contribution in [2.24, 2.45) is 0 Å². The number of carbonyl (C=O) groups excluding carboxylic acids is 1. The Kier molecular flexibility index (Phi) is 4.39. The summed E-state index contributed by atoms with van der Waals surface area (Å²) in [5.41, 5.74) is 2.53. The Hall–Kier alpha value is -2.34. The molecule has 1 saturated heterocycles. The van der Waals surface area contributed by atoms with Gasteiger partial charge in [-0.1, -0.05) is 23.4 Å².